The van der Waals surface area contributed by atoms with Gasteiger partial charge in [-0.3, -0.25) is 4.79 Å². The lowest BCUT2D eigenvalue weighted by molar-refractivity contribution is 0.0954. The van der Waals surface area contributed by atoms with Crippen molar-refractivity contribution < 1.29 is 9.18 Å². The van der Waals surface area contributed by atoms with Gasteiger partial charge in [-0.15, -0.1) is 0 Å². The zero-order chi connectivity index (χ0) is 14.5. The molecule has 0 saturated carbocycles. The molecule has 0 aliphatic carbocycles. The number of hydrogen-bond acceptors (Lipinski definition) is 2. The predicted octanol–water partition coefficient (Wildman–Crippen LogP) is 3.14. The van der Waals surface area contributed by atoms with Crippen molar-refractivity contribution in [2.24, 2.45) is 0 Å². The second kappa shape index (κ2) is 6.52. The van der Waals surface area contributed by atoms with Crippen LogP contribution in [0.5, 0.6) is 0 Å². The standard InChI is InChI=1S/C15H14BrFN2O/c16-12-7-11(8-13(18)9-12)15(20)19-6-5-10-3-1-2-4-14(10)17/h1-4,7-9H,5-6,18H2,(H,19,20). The van der Waals surface area contributed by atoms with E-state index in [0.29, 0.717) is 29.8 Å². The Bertz CT molecular complexity index is 611. The van der Waals surface area contributed by atoms with Crippen LogP contribution in [-0.4, -0.2) is 12.5 Å². The first-order chi connectivity index (χ1) is 9.56. The molecule has 3 N–H and O–H groups in total. The highest BCUT2D eigenvalue weighted by Crippen LogP contribution is 2.17. The zero-order valence-electron chi connectivity index (χ0n) is 10.7. The Morgan fingerprint density at radius 1 is 1.25 bits per heavy atom. The van der Waals surface area contributed by atoms with Crippen molar-refractivity contribution >= 4 is 27.5 Å². The van der Waals surface area contributed by atoms with Gasteiger partial charge in [0.1, 0.15) is 5.82 Å². The summed E-state index contributed by atoms with van der Waals surface area (Å²) in [5.41, 5.74) is 7.25. The van der Waals surface area contributed by atoms with Crippen molar-refractivity contribution in [3.8, 4) is 0 Å². The van der Waals surface area contributed by atoms with Gasteiger partial charge in [0.2, 0.25) is 0 Å². The van der Waals surface area contributed by atoms with Crippen LogP contribution in [0.2, 0.25) is 0 Å². The molecule has 0 spiro atoms. The fraction of sp³-hybridized carbons (Fsp3) is 0.133. The lowest BCUT2D eigenvalue weighted by Crippen LogP contribution is -2.26. The third kappa shape index (κ3) is 3.81. The quantitative estimate of drug-likeness (QED) is 0.842. The van der Waals surface area contributed by atoms with Crippen LogP contribution in [0.25, 0.3) is 0 Å². The SMILES string of the molecule is Nc1cc(Br)cc(C(=O)NCCc2ccccc2F)c1. The van der Waals surface area contributed by atoms with Crippen LogP contribution in [0.4, 0.5) is 10.1 Å². The molecule has 1 amide bonds. The summed E-state index contributed by atoms with van der Waals surface area (Å²) in [4.78, 5) is 11.9. The average molecular weight is 337 g/mol. The molecule has 0 aliphatic rings. The molecule has 0 fully saturated rings. The molecule has 2 aromatic rings. The number of halogens is 2. The predicted molar refractivity (Wildman–Crippen MR) is 81.0 cm³/mol. The van der Waals surface area contributed by atoms with Crippen LogP contribution in [0.1, 0.15) is 15.9 Å². The van der Waals surface area contributed by atoms with E-state index in [4.69, 9.17) is 5.73 Å². The molecule has 0 aromatic heterocycles. The molecule has 0 bridgehead atoms. The number of amides is 1. The summed E-state index contributed by atoms with van der Waals surface area (Å²) in [6, 6.07) is 11.5. The minimum absolute atomic E-state index is 0.227. The molecule has 3 nitrogen and oxygen atoms in total. The zero-order valence-corrected chi connectivity index (χ0v) is 12.3. The van der Waals surface area contributed by atoms with Gasteiger partial charge in [0.05, 0.1) is 0 Å². The maximum Gasteiger partial charge on any atom is 0.251 e. The monoisotopic (exact) mass is 336 g/mol. The number of nitrogens with one attached hydrogen (secondary N) is 1. The van der Waals surface area contributed by atoms with Crippen molar-refractivity contribution in [1.29, 1.82) is 0 Å². The van der Waals surface area contributed by atoms with E-state index in [1.807, 2.05) is 0 Å². The topological polar surface area (TPSA) is 55.1 Å². The first kappa shape index (κ1) is 14.5. The number of benzene rings is 2. The second-order valence-electron chi connectivity index (χ2n) is 4.37. The van der Waals surface area contributed by atoms with E-state index in [1.165, 1.54) is 6.07 Å². The van der Waals surface area contributed by atoms with Gasteiger partial charge in [0, 0.05) is 22.3 Å². The number of anilines is 1. The van der Waals surface area contributed by atoms with Crippen LogP contribution in [-0.2, 0) is 6.42 Å². The molecular weight excluding hydrogens is 323 g/mol. The van der Waals surface area contributed by atoms with Crippen molar-refractivity contribution in [3.63, 3.8) is 0 Å². The molecule has 0 unspecified atom stereocenters. The molecule has 5 heteroatoms. The molecule has 2 aromatic carbocycles. The van der Waals surface area contributed by atoms with E-state index in [0.717, 1.165) is 4.47 Å². The maximum absolute atomic E-state index is 13.4. The van der Waals surface area contributed by atoms with Gasteiger partial charge >= 0.3 is 0 Å². The maximum atomic E-state index is 13.4. The van der Waals surface area contributed by atoms with E-state index in [-0.39, 0.29) is 11.7 Å². The van der Waals surface area contributed by atoms with Gasteiger partial charge in [-0.1, -0.05) is 34.1 Å². The van der Waals surface area contributed by atoms with E-state index in [1.54, 1.807) is 36.4 Å². The second-order valence-corrected chi connectivity index (χ2v) is 5.29. The summed E-state index contributed by atoms with van der Waals surface area (Å²) in [5.74, 6) is -0.484. The average Bonchev–Trinajstić information content (AvgIpc) is 2.39. The molecule has 0 aliphatic heterocycles. The van der Waals surface area contributed by atoms with Gasteiger partial charge in [0.25, 0.3) is 5.91 Å². The first-order valence-corrected chi connectivity index (χ1v) is 6.93. The summed E-state index contributed by atoms with van der Waals surface area (Å²) >= 11 is 3.29. The molecule has 2 rings (SSSR count). The summed E-state index contributed by atoms with van der Waals surface area (Å²) < 4.78 is 14.2. The van der Waals surface area contributed by atoms with E-state index < -0.39 is 0 Å². The highest BCUT2D eigenvalue weighted by molar-refractivity contribution is 9.10. The number of rotatable bonds is 4. The number of carbonyl (C=O) groups excluding carboxylic acids is 1. The lowest BCUT2D eigenvalue weighted by Gasteiger charge is -2.07. The summed E-state index contributed by atoms with van der Waals surface area (Å²) in [7, 11) is 0. The third-order valence-electron chi connectivity index (χ3n) is 2.82. The Labute approximate surface area is 125 Å². The minimum atomic E-state index is -0.256. The van der Waals surface area contributed by atoms with Crippen LogP contribution in [0, 0.1) is 5.82 Å². The molecule has 0 atom stereocenters. The van der Waals surface area contributed by atoms with Crippen LogP contribution < -0.4 is 11.1 Å². The molecule has 104 valence electrons. The van der Waals surface area contributed by atoms with E-state index in [2.05, 4.69) is 21.2 Å². The number of carbonyl (C=O) groups is 1. The van der Waals surface area contributed by atoms with Gasteiger partial charge in [-0.05, 0) is 36.2 Å². The number of hydrogen-bond donors (Lipinski definition) is 2. The van der Waals surface area contributed by atoms with E-state index >= 15 is 0 Å². The Morgan fingerprint density at radius 2 is 2.00 bits per heavy atom. The molecule has 0 saturated heterocycles. The highest BCUT2D eigenvalue weighted by Gasteiger charge is 2.07. The van der Waals surface area contributed by atoms with Crippen LogP contribution >= 0.6 is 15.9 Å². The van der Waals surface area contributed by atoms with Crippen LogP contribution in [0.3, 0.4) is 0 Å². The third-order valence-corrected chi connectivity index (χ3v) is 3.28. The van der Waals surface area contributed by atoms with Crippen molar-refractivity contribution in [1.82, 2.24) is 5.32 Å². The number of nitrogens with two attached hydrogens (primary N) is 1. The van der Waals surface area contributed by atoms with Gasteiger partial charge in [-0.2, -0.15) is 0 Å². The van der Waals surface area contributed by atoms with Gasteiger partial charge in [-0.25, -0.2) is 4.39 Å². The van der Waals surface area contributed by atoms with Crippen molar-refractivity contribution in [2.75, 3.05) is 12.3 Å². The van der Waals surface area contributed by atoms with E-state index in [9.17, 15) is 9.18 Å². The smallest absolute Gasteiger partial charge is 0.251 e. The Morgan fingerprint density at radius 3 is 2.70 bits per heavy atom. The highest BCUT2D eigenvalue weighted by atomic mass is 79.9. The minimum Gasteiger partial charge on any atom is -0.399 e. The molecule has 0 radical (unpaired) electrons. The molecule has 20 heavy (non-hydrogen) atoms. The molecule has 0 heterocycles. The van der Waals surface area contributed by atoms with Crippen molar-refractivity contribution in [3.05, 3.63) is 63.9 Å². The first-order valence-electron chi connectivity index (χ1n) is 6.14. The summed E-state index contributed by atoms with van der Waals surface area (Å²) in [6.45, 7) is 0.367. The lowest BCUT2D eigenvalue weighted by atomic mass is 10.1. The molecular formula is C15H14BrFN2O. The Balaban J connectivity index is 1.94. The normalized spacial score (nSPS) is 10.3. The Kier molecular flexibility index (Phi) is 4.74. The summed E-state index contributed by atoms with van der Waals surface area (Å²) in [6.07, 6.45) is 0.446. The number of nitrogen functional groups attached to an aromatic ring is 1. The van der Waals surface area contributed by atoms with Gasteiger partial charge < -0.3 is 11.1 Å². The van der Waals surface area contributed by atoms with Gasteiger partial charge in [0.15, 0.2) is 0 Å². The fourth-order valence-electron chi connectivity index (χ4n) is 1.86. The van der Waals surface area contributed by atoms with Crippen molar-refractivity contribution in [2.45, 2.75) is 6.42 Å². The Hall–Kier alpha value is -1.88. The largest absolute Gasteiger partial charge is 0.399 e. The fourth-order valence-corrected chi connectivity index (χ4v) is 2.37. The van der Waals surface area contributed by atoms with Crippen LogP contribution in [0.15, 0.2) is 46.9 Å². The summed E-state index contributed by atoms with van der Waals surface area (Å²) in [5, 5.41) is 2.75.